The molecule has 2 unspecified atom stereocenters. The Kier molecular flexibility index (Phi) is 3.14. The summed E-state index contributed by atoms with van der Waals surface area (Å²) in [6.07, 6.45) is 5.26. The molecule has 1 aromatic heterocycles. The van der Waals surface area contributed by atoms with E-state index in [2.05, 4.69) is 23.7 Å². The number of nitrogens with zero attached hydrogens (tertiary/aromatic N) is 2. The lowest BCUT2D eigenvalue weighted by Gasteiger charge is -2.36. The predicted octanol–water partition coefficient (Wildman–Crippen LogP) is 3.29. The maximum absolute atomic E-state index is 11.9. The van der Waals surface area contributed by atoms with Crippen LogP contribution in [0.5, 0.6) is 0 Å². The summed E-state index contributed by atoms with van der Waals surface area (Å²) in [6.45, 7) is 5.66. The molecule has 1 aliphatic carbocycles. The number of carbonyl (C=O) groups is 1. The van der Waals surface area contributed by atoms with Gasteiger partial charge in [0.05, 0.1) is 0 Å². The average Bonchev–Trinajstić information content (AvgIpc) is 2.77. The first-order valence-electron chi connectivity index (χ1n) is 6.94. The maximum atomic E-state index is 11.9. The quantitative estimate of drug-likeness (QED) is 0.780. The fraction of sp³-hybridized carbons (Fsp3) is 0.714. The topological polar surface area (TPSA) is 33.2 Å². The van der Waals surface area contributed by atoms with Crippen LogP contribution in [0.3, 0.4) is 0 Å². The normalized spacial score (nSPS) is 28.3. The molecule has 1 saturated heterocycles. The number of aryl methyl sites for hydroxylation is 1. The van der Waals surface area contributed by atoms with E-state index in [-0.39, 0.29) is 5.78 Å². The molecule has 0 bridgehead atoms. The first-order chi connectivity index (χ1) is 8.65. The van der Waals surface area contributed by atoms with Gasteiger partial charge in [-0.05, 0) is 38.5 Å². The number of carbonyl (C=O) groups excluding carboxylic acids is 1. The lowest BCUT2D eigenvalue weighted by atomic mass is 9.96. The minimum atomic E-state index is 0.247. The molecule has 4 heteroatoms. The molecule has 2 heterocycles. The Hall–Kier alpha value is -0.900. The Bertz CT molecular complexity index is 468. The average molecular weight is 264 g/mol. The summed E-state index contributed by atoms with van der Waals surface area (Å²) in [5, 5.41) is 1.08. The molecule has 0 aromatic carbocycles. The Morgan fingerprint density at radius 3 is 2.89 bits per heavy atom. The summed E-state index contributed by atoms with van der Waals surface area (Å²) >= 11 is 1.75. The Balaban J connectivity index is 1.90. The van der Waals surface area contributed by atoms with Crippen LogP contribution in [0.4, 0.5) is 5.13 Å². The van der Waals surface area contributed by atoms with E-state index in [4.69, 9.17) is 0 Å². The number of fused-ring (bicyclic) bond motifs is 1. The number of hydrogen-bond donors (Lipinski definition) is 0. The first-order valence-corrected chi connectivity index (χ1v) is 7.76. The summed E-state index contributed by atoms with van der Waals surface area (Å²) in [6, 6.07) is 0.559. The standard InChI is InChI=1S/C14H20N2OS/c1-9-6-7-10(2)16(8-9)14-15-13-11(17)4-3-5-12(13)18-14/h9-10H,3-8H2,1-2H3. The summed E-state index contributed by atoms with van der Waals surface area (Å²) in [5.74, 6) is 0.981. The molecule has 1 aromatic rings. The molecule has 1 aliphatic heterocycles. The third kappa shape index (κ3) is 2.07. The van der Waals surface area contributed by atoms with E-state index in [9.17, 15) is 4.79 Å². The number of anilines is 1. The minimum absolute atomic E-state index is 0.247. The molecule has 3 rings (SSSR count). The number of ketones is 1. The van der Waals surface area contributed by atoms with Gasteiger partial charge in [-0.15, -0.1) is 11.3 Å². The fourth-order valence-corrected chi connectivity index (χ4v) is 4.16. The lowest BCUT2D eigenvalue weighted by Crippen LogP contribution is -2.41. The second-order valence-electron chi connectivity index (χ2n) is 5.73. The van der Waals surface area contributed by atoms with E-state index in [1.165, 1.54) is 17.7 Å². The van der Waals surface area contributed by atoms with Gasteiger partial charge in [0.2, 0.25) is 0 Å². The van der Waals surface area contributed by atoms with Crippen molar-refractivity contribution in [3.05, 3.63) is 10.6 Å². The van der Waals surface area contributed by atoms with Crippen molar-refractivity contribution < 1.29 is 4.79 Å². The van der Waals surface area contributed by atoms with Crippen LogP contribution in [0.2, 0.25) is 0 Å². The van der Waals surface area contributed by atoms with E-state index in [0.717, 1.165) is 36.1 Å². The zero-order valence-corrected chi connectivity index (χ0v) is 11.9. The van der Waals surface area contributed by atoms with Gasteiger partial charge in [0, 0.05) is 23.9 Å². The summed E-state index contributed by atoms with van der Waals surface area (Å²) < 4.78 is 0. The summed E-state index contributed by atoms with van der Waals surface area (Å²) in [5.41, 5.74) is 0.770. The molecule has 0 saturated carbocycles. The van der Waals surface area contributed by atoms with Crippen LogP contribution >= 0.6 is 11.3 Å². The highest BCUT2D eigenvalue weighted by atomic mass is 32.1. The molecular weight excluding hydrogens is 244 g/mol. The number of aromatic nitrogens is 1. The van der Waals surface area contributed by atoms with Crippen LogP contribution in [0.25, 0.3) is 0 Å². The van der Waals surface area contributed by atoms with Gasteiger partial charge in [0.1, 0.15) is 5.69 Å². The van der Waals surface area contributed by atoms with E-state index < -0.39 is 0 Å². The second-order valence-corrected chi connectivity index (χ2v) is 6.79. The van der Waals surface area contributed by atoms with Crippen molar-refractivity contribution >= 4 is 22.3 Å². The van der Waals surface area contributed by atoms with E-state index in [0.29, 0.717) is 12.5 Å². The van der Waals surface area contributed by atoms with Gasteiger partial charge in [-0.25, -0.2) is 4.98 Å². The lowest BCUT2D eigenvalue weighted by molar-refractivity contribution is 0.0968. The van der Waals surface area contributed by atoms with Crippen molar-refractivity contribution in [2.75, 3.05) is 11.4 Å². The molecule has 2 aliphatic rings. The van der Waals surface area contributed by atoms with Crippen molar-refractivity contribution in [3.63, 3.8) is 0 Å². The molecule has 18 heavy (non-hydrogen) atoms. The Labute approximate surface area is 112 Å². The van der Waals surface area contributed by atoms with E-state index >= 15 is 0 Å². The first kappa shape index (κ1) is 12.2. The summed E-state index contributed by atoms with van der Waals surface area (Å²) in [7, 11) is 0. The van der Waals surface area contributed by atoms with Crippen molar-refractivity contribution in [2.24, 2.45) is 5.92 Å². The number of hydrogen-bond acceptors (Lipinski definition) is 4. The second kappa shape index (κ2) is 4.65. The largest absolute Gasteiger partial charge is 0.345 e. The van der Waals surface area contributed by atoms with Crippen molar-refractivity contribution in [3.8, 4) is 0 Å². The van der Waals surface area contributed by atoms with E-state index in [1.807, 2.05) is 0 Å². The van der Waals surface area contributed by atoms with Crippen LogP contribution in [0.15, 0.2) is 0 Å². The van der Waals surface area contributed by atoms with Gasteiger partial charge in [0.15, 0.2) is 10.9 Å². The van der Waals surface area contributed by atoms with Gasteiger partial charge in [-0.2, -0.15) is 0 Å². The van der Waals surface area contributed by atoms with E-state index in [1.54, 1.807) is 11.3 Å². The monoisotopic (exact) mass is 264 g/mol. The predicted molar refractivity (Wildman–Crippen MR) is 74.6 cm³/mol. The fourth-order valence-electron chi connectivity index (χ4n) is 2.93. The zero-order chi connectivity index (χ0) is 12.7. The smallest absolute Gasteiger partial charge is 0.186 e. The van der Waals surface area contributed by atoms with Crippen molar-refractivity contribution in [1.29, 1.82) is 0 Å². The SMILES string of the molecule is CC1CCC(C)N(c2nc3c(s2)CCCC3=O)C1. The Morgan fingerprint density at radius 1 is 1.28 bits per heavy atom. The van der Waals surface area contributed by atoms with Crippen LogP contribution in [-0.2, 0) is 6.42 Å². The molecule has 2 atom stereocenters. The van der Waals surface area contributed by atoms with Gasteiger partial charge in [-0.1, -0.05) is 6.92 Å². The van der Waals surface area contributed by atoms with Gasteiger partial charge < -0.3 is 4.90 Å². The molecule has 0 radical (unpaired) electrons. The molecule has 0 N–H and O–H groups in total. The van der Waals surface area contributed by atoms with Crippen molar-refractivity contribution in [1.82, 2.24) is 4.98 Å². The highest BCUT2D eigenvalue weighted by molar-refractivity contribution is 7.16. The van der Waals surface area contributed by atoms with Crippen LogP contribution < -0.4 is 4.90 Å². The summed E-state index contributed by atoms with van der Waals surface area (Å²) in [4.78, 5) is 20.1. The number of rotatable bonds is 1. The maximum Gasteiger partial charge on any atom is 0.186 e. The van der Waals surface area contributed by atoms with Gasteiger partial charge >= 0.3 is 0 Å². The molecule has 0 spiro atoms. The molecule has 98 valence electrons. The van der Waals surface area contributed by atoms with Crippen LogP contribution in [-0.4, -0.2) is 23.4 Å². The minimum Gasteiger partial charge on any atom is -0.345 e. The van der Waals surface area contributed by atoms with Crippen molar-refractivity contribution in [2.45, 2.75) is 52.0 Å². The van der Waals surface area contributed by atoms with Gasteiger partial charge in [-0.3, -0.25) is 4.79 Å². The molecule has 0 amide bonds. The third-order valence-electron chi connectivity index (χ3n) is 4.12. The zero-order valence-electron chi connectivity index (χ0n) is 11.1. The van der Waals surface area contributed by atoms with Gasteiger partial charge in [0.25, 0.3) is 0 Å². The Morgan fingerprint density at radius 2 is 2.11 bits per heavy atom. The highest BCUT2D eigenvalue weighted by Crippen LogP contribution is 2.35. The van der Waals surface area contributed by atoms with Crippen LogP contribution in [0.1, 0.15) is 54.9 Å². The molecule has 3 nitrogen and oxygen atoms in total. The number of thiazole rings is 1. The number of Topliss-reactive ketones (excluding diaryl/α,β-unsaturated/α-hetero) is 1. The third-order valence-corrected chi connectivity index (χ3v) is 5.27. The van der Waals surface area contributed by atoms with Crippen LogP contribution in [0, 0.1) is 5.92 Å². The highest BCUT2D eigenvalue weighted by Gasteiger charge is 2.29. The molecule has 1 fully saturated rings. The number of piperidine rings is 1. The molecular formula is C14H20N2OS.